The third kappa shape index (κ3) is 3.49. The number of nitrogens with zero attached hydrogens (tertiary/aromatic N) is 1. The van der Waals surface area contributed by atoms with E-state index in [-0.39, 0.29) is 6.04 Å². The Morgan fingerprint density at radius 2 is 1.95 bits per heavy atom. The molecule has 0 amide bonds. The van der Waals surface area contributed by atoms with Crippen molar-refractivity contribution in [3.8, 4) is 0 Å². The summed E-state index contributed by atoms with van der Waals surface area (Å²) < 4.78 is 6.27. The van der Waals surface area contributed by atoms with Crippen molar-refractivity contribution in [2.45, 2.75) is 19.5 Å². The summed E-state index contributed by atoms with van der Waals surface area (Å²) in [5, 5.41) is 8.87. The number of benzene rings is 1. The number of rotatable bonds is 5. The van der Waals surface area contributed by atoms with E-state index in [1.54, 1.807) is 12.1 Å². The van der Waals surface area contributed by atoms with E-state index in [4.69, 9.17) is 9.52 Å². The molecular weight excluding hydrogens is 322 g/mol. The van der Waals surface area contributed by atoms with Crippen LogP contribution in [0.2, 0.25) is 0 Å². The molecule has 2 rings (SSSR count). The quantitative estimate of drug-likeness (QED) is 0.897. The highest BCUT2D eigenvalue weighted by molar-refractivity contribution is 9.10. The summed E-state index contributed by atoms with van der Waals surface area (Å²) in [7, 11) is 2.01. The zero-order chi connectivity index (χ0) is 14.7. The second kappa shape index (κ2) is 6.24. The van der Waals surface area contributed by atoms with Gasteiger partial charge < -0.3 is 9.52 Å². The molecule has 0 saturated carbocycles. The monoisotopic (exact) mass is 337 g/mol. The minimum absolute atomic E-state index is 0.139. The first kappa shape index (κ1) is 14.8. The van der Waals surface area contributed by atoms with Crippen molar-refractivity contribution in [3.63, 3.8) is 0 Å². The number of hydrogen-bond donors (Lipinski definition) is 1. The maximum Gasteiger partial charge on any atom is 0.335 e. The average molecular weight is 338 g/mol. The molecule has 5 heteroatoms. The Labute approximate surface area is 126 Å². The lowest BCUT2D eigenvalue weighted by Gasteiger charge is -2.23. The molecule has 4 nitrogen and oxygen atoms in total. The fourth-order valence-electron chi connectivity index (χ4n) is 1.95. The van der Waals surface area contributed by atoms with Crippen molar-refractivity contribution < 1.29 is 14.3 Å². The van der Waals surface area contributed by atoms with Gasteiger partial charge in [0.1, 0.15) is 5.76 Å². The van der Waals surface area contributed by atoms with Gasteiger partial charge in [-0.25, -0.2) is 4.79 Å². The molecule has 0 aliphatic heterocycles. The summed E-state index contributed by atoms with van der Waals surface area (Å²) in [6.07, 6.45) is 0. The predicted octanol–water partition coefficient (Wildman–Crippen LogP) is 3.93. The number of carboxylic acid groups (broad SMARTS) is 1. The van der Waals surface area contributed by atoms with E-state index in [0.717, 1.165) is 22.5 Å². The highest BCUT2D eigenvalue weighted by Gasteiger charge is 2.15. The SMILES string of the molecule is CC(c1ccc(Br)o1)N(C)Cc1ccc(C(=O)O)cc1. The molecule has 1 heterocycles. The Hall–Kier alpha value is -1.59. The lowest BCUT2D eigenvalue weighted by atomic mass is 10.1. The van der Waals surface area contributed by atoms with E-state index in [9.17, 15) is 4.79 Å². The van der Waals surface area contributed by atoms with Crippen LogP contribution in [0.25, 0.3) is 0 Å². The van der Waals surface area contributed by atoms with Crippen LogP contribution in [0.3, 0.4) is 0 Å². The molecule has 0 spiro atoms. The zero-order valence-corrected chi connectivity index (χ0v) is 12.9. The Kier molecular flexibility index (Phi) is 4.62. The molecular formula is C15H16BrNO3. The minimum atomic E-state index is -0.904. The van der Waals surface area contributed by atoms with Crippen molar-refractivity contribution in [2.24, 2.45) is 0 Å². The molecule has 1 N–H and O–H groups in total. The first-order valence-corrected chi connectivity index (χ1v) is 7.04. The van der Waals surface area contributed by atoms with Gasteiger partial charge in [0.05, 0.1) is 11.6 Å². The first-order chi connectivity index (χ1) is 9.47. The Morgan fingerprint density at radius 3 is 2.45 bits per heavy atom. The molecule has 20 heavy (non-hydrogen) atoms. The molecule has 0 saturated heterocycles. The molecule has 2 aromatic rings. The molecule has 0 radical (unpaired) electrons. The Balaban J connectivity index is 2.03. The second-order valence-corrected chi connectivity index (χ2v) is 5.52. The van der Waals surface area contributed by atoms with Crippen LogP contribution in [-0.2, 0) is 6.54 Å². The van der Waals surface area contributed by atoms with Crippen molar-refractivity contribution in [3.05, 3.63) is 58.0 Å². The fraction of sp³-hybridized carbons (Fsp3) is 0.267. The Morgan fingerprint density at radius 1 is 1.30 bits per heavy atom. The van der Waals surface area contributed by atoms with Gasteiger partial charge in [0.25, 0.3) is 0 Å². The van der Waals surface area contributed by atoms with E-state index >= 15 is 0 Å². The summed E-state index contributed by atoms with van der Waals surface area (Å²) in [5.41, 5.74) is 1.37. The van der Waals surface area contributed by atoms with Gasteiger partial charge in [0.15, 0.2) is 4.67 Å². The van der Waals surface area contributed by atoms with Crippen LogP contribution in [0.4, 0.5) is 0 Å². The van der Waals surface area contributed by atoms with Crippen LogP contribution in [0, 0.1) is 0 Å². The smallest absolute Gasteiger partial charge is 0.335 e. The molecule has 0 bridgehead atoms. The summed E-state index contributed by atoms with van der Waals surface area (Å²) in [6.45, 7) is 2.79. The number of furan rings is 1. The van der Waals surface area contributed by atoms with Gasteiger partial charge in [-0.1, -0.05) is 12.1 Å². The van der Waals surface area contributed by atoms with Crippen LogP contribution < -0.4 is 0 Å². The number of aromatic carboxylic acids is 1. The summed E-state index contributed by atoms with van der Waals surface area (Å²) in [5.74, 6) is -0.0137. The van der Waals surface area contributed by atoms with E-state index < -0.39 is 5.97 Å². The molecule has 1 unspecified atom stereocenters. The minimum Gasteiger partial charge on any atom is -0.478 e. The largest absolute Gasteiger partial charge is 0.478 e. The third-order valence-electron chi connectivity index (χ3n) is 3.30. The highest BCUT2D eigenvalue weighted by atomic mass is 79.9. The van der Waals surface area contributed by atoms with Crippen LogP contribution in [0.15, 0.2) is 45.5 Å². The summed E-state index contributed by atoms with van der Waals surface area (Å²) in [4.78, 5) is 12.9. The van der Waals surface area contributed by atoms with Gasteiger partial charge in [-0.2, -0.15) is 0 Å². The van der Waals surface area contributed by atoms with Crippen molar-refractivity contribution >= 4 is 21.9 Å². The lowest BCUT2D eigenvalue weighted by Crippen LogP contribution is -2.21. The number of carbonyl (C=O) groups is 1. The van der Waals surface area contributed by atoms with Crippen molar-refractivity contribution in [2.75, 3.05) is 7.05 Å². The number of halogens is 1. The molecule has 0 fully saturated rings. The lowest BCUT2D eigenvalue weighted by molar-refractivity contribution is 0.0697. The van der Waals surface area contributed by atoms with Crippen LogP contribution in [0.1, 0.15) is 34.6 Å². The summed E-state index contributed by atoms with van der Waals surface area (Å²) >= 11 is 3.30. The van der Waals surface area contributed by atoms with Crippen LogP contribution in [0.5, 0.6) is 0 Å². The second-order valence-electron chi connectivity index (χ2n) is 4.74. The predicted molar refractivity (Wildman–Crippen MR) is 79.7 cm³/mol. The van der Waals surface area contributed by atoms with Gasteiger partial charge in [0.2, 0.25) is 0 Å². The molecule has 106 valence electrons. The highest BCUT2D eigenvalue weighted by Crippen LogP contribution is 2.25. The van der Waals surface area contributed by atoms with Crippen molar-refractivity contribution in [1.82, 2.24) is 4.90 Å². The topological polar surface area (TPSA) is 53.7 Å². The first-order valence-electron chi connectivity index (χ1n) is 6.25. The molecule has 0 aliphatic carbocycles. The summed E-state index contributed by atoms with van der Waals surface area (Å²) in [6, 6.07) is 10.9. The van der Waals surface area contributed by atoms with E-state index in [1.807, 2.05) is 31.3 Å². The van der Waals surface area contributed by atoms with Crippen LogP contribution in [-0.4, -0.2) is 23.0 Å². The van der Waals surface area contributed by atoms with Crippen LogP contribution >= 0.6 is 15.9 Å². The average Bonchev–Trinajstić information content (AvgIpc) is 2.85. The van der Waals surface area contributed by atoms with E-state index in [2.05, 4.69) is 27.8 Å². The van der Waals surface area contributed by atoms with E-state index in [0.29, 0.717) is 5.56 Å². The molecule has 1 aromatic carbocycles. The fourth-order valence-corrected chi connectivity index (χ4v) is 2.27. The van der Waals surface area contributed by atoms with Gasteiger partial charge in [0, 0.05) is 6.54 Å². The van der Waals surface area contributed by atoms with Gasteiger partial charge in [-0.3, -0.25) is 4.90 Å². The standard InChI is InChI=1S/C15H16BrNO3/c1-10(13-7-8-14(16)20-13)17(2)9-11-3-5-12(6-4-11)15(18)19/h3-8,10H,9H2,1-2H3,(H,18,19). The zero-order valence-electron chi connectivity index (χ0n) is 11.3. The third-order valence-corrected chi connectivity index (χ3v) is 3.73. The molecule has 0 aliphatic rings. The Bertz CT molecular complexity index is 591. The molecule has 1 atom stereocenters. The maximum absolute atomic E-state index is 10.8. The van der Waals surface area contributed by atoms with Gasteiger partial charge in [-0.05, 0) is 59.7 Å². The van der Waals surface area contributed by atoms with E-state index in [1.165, 1.54) is 0 Å². The van der Waals surface area contributed by atoms with Crippen molar-refractivity contribution in [1.29, 1.82) is 0 Å². The molecule has 1 aromatic heterocycles. The van der Waals surface area contributed by atoms with Gasteiger partial charge >= 0.3 is 5.97 Å². The number of carboxylic acids is 1. The number of hydrogen-bond acceptors (Lipinski definition) is 3. The maximum atomic E-state index is 10.8. The normalized spacial score (nSPS) is 12.6. The van der Waals surface area contributed by atoms with Gasteiger partial charge in [-0.15, -0.1) is 0 Å².